The van der Waals surface area contributed by atoms with Gasteiger partial charge in [-0.3, -0.25) is 4.79 Å². The third kappa shape index (κ3) is 4.59. The number of hydrogen-bond donors (Lipinski definition) is 2. The van der Waals surface area contributed by atoms with Crippen molar-refractivity contribution in [2.24, 2.45) is 5.73 Å². The lowest BCUT2D eigenvalue weighted by Gasteiger charge is -2.08. The van der Waals surface area contributed by atoms with Gasteiger partial charge in [-0.05, 0) is 26.0 Å². The number of carbonyl (C=O) groups excluding carboxylic acids is 1. The second-order valence-corrected chi connectivity index (χ2v) is 5.62. The molecule has 0 aliphatic heterocycles. The van der Waals surface area contributed by atoms with E-state index in [0.717, 1.165) is 22.0 Å². The molecule has 1 atom stereocenters. The van der Waals surface area contributed by atoms with Crippen molar-refractivity contribution in [2.45, 2.75) is 26.3 Å². The van der Waals surface area contributed by atoms with Crippen molar-refractivity contribution in [2.75, 3.05) is 5.32 Å². The van der Waals surface area contributed by atoms with Gasteiger partial charge in [0.25, 0.3) is 0 Å². The molecular weight excluding hydrogens is 294 g/mol. The first-order valence-corrected chi connectivity index (χ1v) is 7.00. The number of aromatic nitrogens is 1. The Morgan fingerprint density at radius 1 is 1.50 bits per heavy atom. The van der Waals surface area contributed by atoms with Crippen LogP contribution in [0.4, 0.5) is 5.69 Å². The lowest BCUT2D eigenvalue weighted by Crippen LogP contribution is -2.23. The summed E-state index contributed by atoms with van der Waals surface area (Å²) in [7, 11) is 0. The molecule has 0 saturated heterocycles. The lowest BCUT2D eigenvalue weighted by atomic mass is 10.1. The third-order valence-electron chi connectivity index (χ3n) is 2.57. The molecule has 4 nitrogen and oxygen atoms in total. The van der Waals surface area contributed by atoms with Crippen molar-refractivity contribution in [1.82, 2.24) is 4.98 Å². The number of anilines is 1. The van der Waals surface area contributed by atoms with Crippen LogP contribution in [0.5, 0.6) is 0 Å². The van der Waals surface area contributed by atoms with E-state index in [1.807, 2.05) is 43.5 Å². The number of carbonyl (C=O) groups is 1. The summed E-state index contributed by atoms with van der Waals surface area (Å²) in [4.78, 5) is 16.1. The van der Waals surface area contributed by atoms with E-state index in [0.29, 0.717) is 6.42 Å². The quantitative estimate of drug-likeness (QED) is 0.911. The van der Waals surface area contributed by atoms with Gasteiger partial charge >= 0.3 is 0 Å². The zero-order valence-corrected chi connectivity index (χ0v) is 13.1. The Kier molecular flexibility index (Phi) is 6.13. The summed E-state index contributed by atoms with van der Waals surface area (Å²) in [6, 6.07) is 7.54. The van der Waals surface area contributed by atoms with Crippen LogP contribution >= 0.6 is 23.7 Å². The predicted octanol–water partition coefficient (Wildman–Crippen LogP) is 3.22. The van der Waals surface area contributed by atoms with E-state index in [1.165, 1.54) is 0 Å². The van der Waals surface area contributed by atoms with Gasteiger partial charge in [-0.1, -0.05) is 12.1 Å². The fraction of sp³-hybridized carbons (Fsp3) is 0.286. The van der Waals surface area contributed by atoms with Crippen LogP contribution in [0.25, 0.3) is 11.3 Å². The van der Waals surface area contributed by atoms with E-state index in [2.05, 4.69) is 10.3 Å². The number of nitrogens with two attached hydrogens (primary N) is 1. The maximum Gasteiger partial charge on any atom is 0.225 e. The molecule has 3 N–H and O–H groups in total. The van der Waals surface area contributed by atoms with Crippen molar-refractivity contribution in [1.29, 1.82) is 0 Å². The number of amides is 1. The zero-order valence-electron chi connectivity index (χ0n) is 11.4. The highest BCUT2D eigenvalue weighted by Gasteiger charge is 2.07. The second kappa shape index (κ2) is 7.38. The van der Waals surface area contributed by atoms with Crippen molar-refractivity contribution < 1.29 is 4.79 Å². The average molecular weight is 312 g/mol. The number of thiazole rings is 1. The standard InChI is InChI=1S/C14H17N3OS.ClH/c1-9(15)6-14(18)17-12-5-3-4-11(7-12)13-8-19-10(2)16-13;/h3-5,7-9H,6,15H2,1-2H3,(H,17,18);1H. The summed E-state index contributed by atoms with van der Waals surface area (Å²) >= 11 is 1.61. The summed E-state index contributed by atoms with van der Waals surface area (Å²) < 4.78 is 0. The first kappa shape index (κ1) is 16.6. The van der Waals surface area contributed by atoms with Crippen LogP contribution in [0.1, 0.15) is 18.4 Å². The summed E-state index contributed by atoms with van der Waals surface area (Å²) in [5.41, 5.74) is 8.31. The number of hydrogen-bond acceptors (Lipinski definition) is 4. The fourth-order valence-electron chi connectivity index (χ4n) is 1.76. The van der Waals surface area contributed by atoms with E-state index in [1.54, 1.807) is 11.3 Å². The van der Waals surface area contributed by atoms with E-state index in [-0.39, 0.29) is 24.4 Å². The molecule has 1 unspecified atom stereocenters. The molecule has 6 heteroatoms. The summed E-state index contributed by atoms with van der Waals surface area (Å²) in [5.74, 6) is -0.0680. The first-order chi connectivity index (χ1) is 9.04. The van der Waals surface area contributed by atoms with Crippen molar-refractivity contribution >= 4 is 35.3 Å². The number of nitrogens with zero attached hydrogens (tertiary/aromatic N) is 1. The second-order valence-electron chi connectivity index (χ2n) is 4.56. The molecule has 1 aromatic heterocycles. The minimum atomic E-state index is -0.135. The van der Waals surface area contributed by atoms with Gasteiger partial charge in [0, 0.05) is 29.1 Å². The van der Waals surface area contributed by atoms with Gasteiger partial charge in [-0.25, -0.2) is 4.98 Å². The lowest BCUT2D eigenvalue weighted by molar-refractivity contribution is -0.116. The van der Waals surface area contributed by atoms with Gasteiger partial charge in [0.2, 0.25) is 5.91 Å². The molecule has 1 heterocycles. The Hall–Kier alpha value is -1.43. The molecule has 1 amide bonds. The van der Waals surface area contributed by atoms with Crippen LogP contribution in [0.3, 0.4) is 0 Å². The van der Waals surface area contributed by atoms with Crippen LogP contribution in [0.2, 0.25) is 0 Å². The van der Waals surface area contributed by atoms with E-state index < -0.39 is 0 Å². The molecule has 2 aromatic rings. The Morgan fingerprint density at radius 3 is 2.85 bits per heavy atom. The molecule has 0 fully saturated rings. The number of halogens is 1. The molecule has 1 aromatic carbocycles. The molecule has 0 radical (unpaired) electrons. The van der Waals surface area contributed by atoms with E-state index in [4.69, 9.17) is 5.73 Å². The molecule has 20 heavy (non-hydrogen) atoms. The molecule has 0 aliphatic rings. The maximum atomic E-state index is 11.7. The van der Waals surface area contributed by atoms with Gasteiger partial charge in [0.15, 0.2) is 0 Å². The summed E-state index contributed by atoms with van der Waals surface area (Å²) in [6.07, 6.45) is 0.319. The van der Waals surface area contributed by atoms with Crippen LogP contribution < -0.4 is 11.1 Å². The summed E-state index contributed by atoms with van der Waals surface area (Å²) in [5, 5.41) is 5.89. The van der Waals surface area contributed by atoms with E-state index >= 15 is 0 Å². The normalized spacial score (nSPS) is 11.6. The monoisotopic (exact) mass is 311 g/mol. The average Bonchev–Trinajstić information content (AvgIpc) is 2.75. The first-order valence-electron chi connectivity index (χ1n) is 6.12. The molecule has 0 spiro atoms. The Balaban J connectivity index is 0.00000200. The number of rotatable bonds is 4. The highest BCUT2D eigenvalue weighted by atomic mass is 35.5. The SMILES string of the molecule is Cc1nc(-c2cccc(NC(=O)CC(C)N)c2)cs1.Cl. The highest BCUT2D eigenvalue weighted by molar-refractivity contribution is 7.09. The topological polar surface area (TPSA) is 68.0 Å². The molecule has 0 saturated carbocycles. The maximum absolute atomic E-state index is 11.7. The van der Waals surface area contributed by atoms with Gasteiger partial charge < -0.3 is 11.1 Å². The predicted molar refractivity (Wildman–Crippen MR) is 86.4 cm³/mol. The molecule has 0 bridgehead atoms. The minimum Gasteiger partial charge on any atom is -0.327 e. The van der Waals surface area contributed by atoms with Gasteiger partial charge in [0.1, 0.15) is 0 Å². The summed E-state index contributed by atoms with van der Waals surface area (Å²) in [6.45, 7) is 3.79. The molecule has 2 rings (SSSR count). The Morgan fingerprint density at radius 2 is 2.25 bits per heavy atom. The van der Waals surface area contributed by atoms with Crippen LogP contribution in [0, 0.1) is 6.92 Å². The largest absolute Gasteiger partial charge is 0.327 e. The third-order valence-corrected chi connectivity index (χ3v) is 3.34. The van der Waals surface area contributed by atoms with Crippen molar-refractivity contribution in [3.05, 3.63) is 34.7 Å². The molecular formula is C14H18ClN3OS. The number of benzene rings is 1. The van der Waals surface area contributed by atoms with Crippen LogP contribution in [-0.2, 0) is 4.79 Å². The molecule has 108 valence electrons. The van der Waals surface area contributed by atoms with Gasteiger partial charge in [-0.15, -0.1) is 23.7 Å². The zero-order chi connectivity index (χ0) is 13.8. The van der Waals surface area contributed by atoms with Gasteiger partial charge in [-0.2, -0.15) is 0 Å². The highest BCUT2D eigenvalue weighted by Crippen LogP contribution is 2.24. The van der Waals surface area contributed by atoms with Gasteiger partial charge in [0.05, 0.1) is 10.7 Å². The number of aryl methyl sites for hydroxylation is 1. The Bertz CT molecular complexity index is 583. The minimum absolute atomic E-state index is 0. The van der Waals surface area contributed by atoms with Crippen molar-refractivity contribution in [3.8, 4) is 11.3 Å². The molecule has 0 aliphatic carbocycles. The Labute approximate surface area is 128 Å². The smallest absolute Gasteiger partial charge is 0.225 e. The fourth-order valence-corrected chi connectivity index (χ4v) is 2.38. The van der Waals surface area contributed by atoms with Crippen LogP contribution in [-0.4, -0.2) is 16.9 Å². The van der Waals surface area contributed by atoms with E-state index in [9.17, 15) is 4.79 Å². The van der Waals surface area contributed by atoms with Crippen LogP contribution in [0.15, 0.2) is 29.6 Å². The number of nitrogens with one attached hydrogen (secondary N) is 1. The van der Waals surface area contributed by atoms with Crippen molar-refractivity contribution in [3.63, 3.8) is 0 Å².